The Balaban J connectivity index is 1.61. The topological polar surface area (TPSA) is 85.8 Å². The molecule has 0 saturated heterocycles. The summed E-state index contributed by atoms with van der Waals surface area (Å²) >= 11 is 3.48. The van der Waals surface area contributed by atoms with Crippen molar-refractivity contribution in [1.29, 1.82) is 0 Å². The van der Waals surface area contributed by atoms with Gasteiger partial charge in [0.2, 0.25) is 5.91 Å². The van der Waals surface area contributed by atoms with Crippen molar-refractivity contribution in [3.05, 3.63) is 52.5 Å². The van der Waals surface area contributed by atoms with E-state index in [1.54, 1.807) is 24.1 Å². The highest BCUT2D eigenvalue weighted by Crippen LogP contribution is 2.48. The van der Waals surface area contributed by atoms with E-state index < -0.39 is 0 Å². The summed E-state index contributed by atoms with van der Waals surface area (Å²) in [4.78, 5) is 16.1. The van der Waals surface area contributed by atoms with Crippen LogP contribution in [0.15, 0.2) is 45.7 Å². The largest absolute Gasteiger partial charge is 0.358 e. The van der Waals surface area contributed by atoms with Gasteiger partial charge in [-0.05, 0) is 30.5 Å². The molecule has 1 aliphatic rings. The number of benzene rings is 1. The number of rotatable bonds is 5. The molecule has 0 spiro atoms. The summed E-state index contributed by atoms with van der Waals surface area (Å²) in [7, 11) is 1.59. The average molecular weight is 416 g/mol. The smallest absolute Gasteiger partial charge is 0.261 e. The van der Waals surface area contributed by atoms with Crippen molar-refractivity contribution in [2.24, 2.45) is 0 Å². The Bertz CT molecular complexity index is 927. The Morgan fingerprint density at radius 2 is 2.12 bits per heavy atom. The molecule has 8 heteroatoms. The lowest BCUT2D eigenvalue weighted by Gasteiger charge is -2.39. The molecule has 0 atom stereocenters. The second-order valence-corrected chi connectivity index (χ2v) is 7.38. The van der Waals surface area contributed by atoms with Crippen LogP contribution in [0.1, 0.15) is 30.7 Å². The van der Waals surface area contributed by atoms with Gasteiger partial charge in [-0.25, -0.2) is 0 Å². The number of hydrogen-bond acceptors (Lipinski definition) is 5. The van der Waals surface area contributed by atoms with Crippen molar-refractivity contribution in [3.63, 3.8) is 0 Å². The van der Waals surface area contributed by atoms with E-state index in [9.17, 15) is 4.79 Å². The van der Waals surface area contributed by atoms with E-state index in [4.69, 9.17) is 4.52 Å². The molecule has 7 nitrogen and oxygen atoms in total. The van der Waals surface area contributed by atoms with Gasteiger partial charge in [0.1, 0.15) is 6.54 Å². The normalized spacial score (nSPS) is 15.5. The number of amides is 1. The molecule has 134 valence electrons. The first kappa shape index (κ1) is 17.0. The van der Waals surface area contributed by atoms with Crippen molar-refractivity contribution in [3.8, 4) is 11.5 Å². The molecule has 1 fully saturated rings. The fraction of sp³-hybridized carbons (Fsp3) is 0.333. The number of aromatic nitrogens is 4. The zero-order valence-electron chi connectivity index (χ0n) is 14.3. The third-order valence-electron chi connectivity index (χ3n) is 4.92. The second kappa shape index (κ2) is 6.68. The predicted molar refractivity (Wildman–Crippen MR) is 98.4 cm³/mol. The summed E-state index contributed by atoms with van der Waals surface area (Å²) in [5.74, 6) is 1.01. The minimum absolute atomic E-state index is 0.116. The zero-order chi connectivity index (χ0) is 18.1. The lowest BCUT2D eigenvalue weighted by Crippen LogP contribution is -2.36. The van der Waals surface area contributed by atoms with Gasteiger partial charge < -0.3 is 9.84 Å². The molecule has 0 bridgehead atoms. The number of carbonyl (C=O) groups excluding carboxylic acids is 1. The Morgan fingerprint density at radius 1 is 1.35 bits per heavy atom. The van der Waals surface area contributed by atoms with Crippen LogP contribution in [0.3, 0.4) is 0 Å². The SMILES string of the molecule is CNC(=O)Cn1cc(-c2nc(C3(c4ccc(Br)cc4)CCC3)no2)cn1. The lowest BCUT2D eigenvalue weighted by molar-refractivity contribution is -0.121. The molecule has 0 unspecified atom stereocenters. The molecule has 2 aromatic heterocycles. The third kappa shape index (κ3) is 2.94. The first-order valence-electron chi connectivity index (χ1n) is 8.44. The van der Waals surface area contributed by atoms with Crippen molar-refractivity contribution >= 4 is 21.8 Å². The molecule has 2 heterocycles. The Morgan fingerprint density at radius 3 is 2.77 bits per heavy atom. The molecule has 26 heavy (non-hydrogen) atoms. The van der Waals surface area contributed by atoms with Gasteiger partial charge in [0, 0.05) is 17.7 Å². The number of carbonyl (C=O) groups is 1. The molecule has 1 N–H and O–H groups in total. The monoisotopic (exact) mass is 415 g/mol. The second-order valence-electron chi connectivity index (χ2n) is 6.47. The van der Waals surface area contributed by atoms with Crippen LogP contribution in [0.4, 0.5) is 0 Å². The predicted octanol–water partition coefficient (Wildman–Crippen LogP) is 2.91. The molecule has 0 aliphatic heterocycles. The Labute approximate surface area is 158 Å². The summed E-state index contributed by atoms with van der Waals surface area (Å²) in [6.45, 7) is 0.153. The quantitative estimate of drug-likeness (QED) is 0.692. The minimum atomic E-state index is -0.180. The maximum absolute atomic E-state index is 11.5. The minimum Gasteiger partial charge on any atom is -0.358 e. The molecular weight excluding hydrogens is 398 g/mol. The first-order valence-corrected chi connectivity index (χ1v) is 9.24. The van der Waals surface area contributed by atoms with Gasteiger partial charge >= 0.3 is 0 Å². The van der Waals surface area contributed by atoms with Crippen molar-refractivity contribution < 1.29 is 9.32 Å². The van der Waals surface area contributed by atoms with Gasteiger partial charge in [-0.1, -0.05) is 39.6 Å². The van der Waals surface area contributed by atoms with Crippen LogP contribution in [0, 0.1) is 0 Å². The summed E-state index contributed by atoms with van der Waals surface area (Å²) in [5, 5.41) is 11.0. The molecule has 1 amide bonds. The number of nitrogens with zero attached hydrogens (tertiary/aromatic N) is 4. The van der Waals surface area contributed by atoms with Gasteiger partial charge in [-0.3, -0.25) is 9.48 Å². The number of likely N-dealkylation sites (N-methyl/N-ethyl adjacent to an activating group) is 1. The fourth-order valence-electron chi connectivity index (χ4n) is 3.26. The maximum atomic E-state index is 11.5. The van der Waals surface area contributed by atoms with E-state index in [0.29, 0.717) is 17.3 Å². The van der Waals surface area contributed by atoms with Gasteiger partial charge in [0.15, 0.2) is 5.82 Å². The van der Waals surface area contributed by atoms with Gasteiger partial charge in [-0.15, -0.1) is 0 Å². The Hall–Kier alpha value is -2.48. The standard InChI is InChI=1S/C18H18BrN5O2/c1-20-15(25)11-24-10-12(9-21-24)16-22-17(23-26-16)18(7-2-8-18)13-3-5-14(19)6-4-13/h3-6,9-10H,2,7-8,11H2,1H3,(H,20,25). The van der Waals surface area contributed by atoms with E-state index in [0.717, 1.165) is 23.7 Å². The van der Waals surface area contributed by atoms with Gasteiger partial charge in [0.05, 0.1) is 17.2 Å². The molecule has 1 aliphatic carbocycles. The molecule has 1 aromatic carbocycles. The molecular formula is C18H18BrN5O2. The number of halogens is 1. The molecule has 4 rings (SSSR count). The van der Waals surface area contributed by atoms with E-state index >= 15 is 0 Å². The van der Waals surface area contributed by atoms with E-state index in [-0.39, 0.29) is 17.9 Å². The summed E-state index contributed by atoms with van der Waals surface area (Å²) in [6, 6.07) is 8.31. The molecule has 1 saturated carbocycles. The number of hydrogen-bond donors (Lipinski definition) is 1. The van der Waals surface area contributed by atoms with Crippen LogP contribution in [0.25, 0.3) is 11.5 Å². The van der Waals surface area contributed by atoms with Crippen LogP contribution < -0.4 is 5.32 Å². The lowest BCUT2D eigenvalue weighted by atomic mass is 9.64. The summed E-state index contributed by atoms with van der Waals surface area (Å²) in [6.07, 6.45) is 6.52. The van der Waals surface area contributed by atoms with E-state index in [1.807, 2.05) is 12.1 Å². The highest BCUT2D eigenvalue weighted by atomic mass is 79.9. The highest BCUT2D eigenvalue weighted by molar-refractivity contribution is 9.10. The van der Waals surface area contributed by atoms with E-state index in [1.165, 1.54) is 5.56 Å². The number of nitrogens with one attached hydrogen (secondary N) is 1. The third-order valence-corrected chi connectivity index (χ3v) is 5.45. The van der Waals surface area contributed by atoms with E-state index in [2.05, 4.69) is 48.6 Å². The maximum Gasteiger partial charge on any atom is 0.261 e. The average Bonchev–Trinajstić information content (AvgIpc) is 3.25. The van der Waals surface area contributed by atoms with Crippen molar-refractivity contribution in [2.45, 2.75) is 31.2 Å². The Kier molecular flexibility index (Phi) is 4.36. The van der Waals surface area contributed by atoms with Crippen LogP contribution in [0.2, 0.25) is 0 Å². The zero-order valence-corrected chi connectivity index (χ0v) is 15.9. The first-order chi connectivity index (χ1) is 12.6. The van der Waals surface area contributed by atoms with Crippen molar-refractivity contribution in [2.75, 3.05) is 7.05 Å². The highest BCUT2D eigenvalue weighted by Gasteiger charge is 2.44. The summed E-state index contributed by atoms with van der Waals surface area (Å²) in [5.41, 5.74) is 1.73. The molecule has 3 aromatic rings. The van der Waals surface area contributed by atoms with Gasteiger partial charge in [0.25, 0.3) is 5.89 Å². The van der Waals surface area contributed by atoms with Crippen molar-refractivity contribution in [1.82, 2.24) is 25.2 Å². The fourth-order valence-corrected chi connectivity index (χ4v) is 3.53. The molecule has 0 radical (unpaired) electrons. The summed E-state index contributed by atoms with van der Waals surface area (Å²) < 4.78 is 8.09. The van der Waals surface area contributed by atoms with Crippen LogP contribution in [0.5, 0.6) is 0 Å². The van der Waals surface area contributed by atoms with Crippen LogP contribution in [-0.4, -0.2) is 32.9 Å². The van der Waals surface area contributed by atoms with Crippen LogP contribution >= 0.6 is 15.9 Å². The van der Waals surface area contributed by atoms with Gasteiger partial charge in [-0.2, -0.15) is 10.1 Å². The van der Waals surface area contributed by atoms with Crippen LogP contribution in [-0.2, 0) is 16.8 Å².